The number of rotatable bonds is 6. The van der Waals surface area contributed by atoms with Gasteiger partial charge in [0, 0.05) is 22.1 Å². The van der Waals surface area contributed by atoms with E-state index in [1.165, 1.54) is 17.8 Å². The van der Waals surface area contributed by atoms with Crippen LogP contribution in [0.1, 0.15) is 24.1 Å². The monoisotopic (exact) mass is 550 g/mol. The summed E-state index contributed by atoms with van der Waals surface area (Å²) in [6.07, 6.45) is 3.24. The third kappa shape index (κ3) is 4.98. The average Bonchev–Trinajstić information content (AvgIpc) is 3.25. The van der Waals surface area contributed by atoms with Gasteiger partial charge in [-0.1, -0.05) is 58.0 Å². The number of fused-ring (bicyclic) bond motifs is 1. The molecule has 0 fully saturated rings. The standard InChI is InChI=1S/C25H20BrFN6OS/c1-15-21(23(34)30-19-9-5-11-28-13-19)22(16-7-4-8-18(26)12-16)33-24(29-15)31-25(32-33)35-14-17-6-2-3-10-20(17)27/h2-13,22H,14H2,1H3,(H,30,34)(H,29,31,32). The van der Waals surface area contributed by atoms with Gasteiger partial charge in [0.1, 0.15) is 11.9 Å². The lowest BCUT2D eigenvalue weighted by atomic mass is 9.95. The molecule has 2 aromatic carbocycles. The Balaban J connectivity index is 1.50. The van der Waals surface area contributed by atoms with E-state index < -0.39 is 6.04 Å². The van der Waals surface area contributed by atoms with Gasteiger partial charge in [-0.15, -0.1) is 5.10 Å². The molecule has 1 atom stereocenters. The summed E-state index contributed by atoms with van der Waals surface area (Å²) in [5, 5.41) is 11.3. The molecule has 0 spiro atoms. The van der Waals surface area contributed by atoms with Gasteiger partial charge in [-0.05, 0) is 48.4 Å². The van der Waals surface area contributed by atoms with Gasteiger partial charge < -0.3 is 10.6 Å². The smallest absolute Gasteiger partial charge is 0.255 e. The van der Waals surface area contributed by atoms with E-state index in [-0.39, 0.29) is 11.7 Å². The summed E-state index contributed by atoms with van der Waals surface area (Å²) in [5.74, 6) is 0.371. The van der Waals surface area contributed by atoms with Crippen LogP contribution in [0.2, 0.25) is 0 Å². The minimum atomic E-state index is -0.518. The van der Waals surface area contributed by atoms with Gasteiger partial charge in [-0.2, -0.15) is 4.98 Å². The molecule has 1 aliphatic rings. The van der Waals surface area contributed by atoms with Crippen LogP contribution in [-0.4, -0.2) is 25.7 Å². The van der Waals surface area contributed by atoms with Crippen LogP contribution in [0.25, 0.3) is 0 Å². The van der Waals surface area contributed by atoms with Gasteiger partial charge in [0.15, 0.2) is 0 Å². The highest BCUT2D eigenvalue weighted by Gasteiger charge is 2.34. The molecule has 3 heterocycles. The van der Waals surface area contributed by atoms with Crippen LogP contribution in [-0.2, 0) is 10.5 Å². The molecule has 7 nitrogen and oxygen atoms in total. The number of halogens is 2. The third-order valence-electron chi connectivity index (χ3n) is 5.48. The largest absolute Gasteiger partial charge is 0.328 e. The summed E-state index contributed by atoms with van der Waals surface area (Å²) in [6.45, 7) is 1.84. The highest BCUT2D eigenvalue weighted by Crippen LogP contribution is 2.37. The first kappa shape index (κ1) is 23.3. The summed E-state index contributed by atoms with van der Waals surface area (Å²) in [5.41, 5.74) is 3.22. The second-order valence-electron chi connectivity index (χ2n) is 7.86. The fraction of sp³-hybridized carbons (Fsp3) is 0.120. The Kier molecular flexibility index (Phi) is 6.65. The number of anilines is 2. The van der Waals surface area contributed by atoms with Crippen molar-refractivity contribution in [3.8, 4) is 0 Å². The number of carbonyl (C=O) groups excluding carboxylic acids is 1. The van der Waals surface area contributed by atoms with E-state index in [4.69, 9.17) is 5.10 Å². The Morgan fingerprint density at radius 2 is 2.06 bits per heavy atom. The number of allylic oxidation sites excluding steroid dienone is 1. The number of thioether (sulfide) groups is 1. The van der Waals surface area contributed by atoms with Crippen LogP contribution in [0.5, 0.6) is 0 Å². The second kappa shape index (κ2) is 10.0. The lowest BCUT2D eigenvalue weighted by Crippen LogP contribution is -2.31. The molecule has 2 aromatic heterocycles. The number of hydrogen-bond acceptors (Lipinski definition) is 6. The van der Waals surface area contributed by atoms with Crippen molar-refractivity contribution in [2.24, 2.45) is 0 Å². The number of amides is 1. The van der Waals surface area contributed by atoms with Crippen molar-refractivity contribution in [2.75, 3.05) is 10.6 Å². The molecule has 4 aromatic rings. The number of nitrogens with one attached hydrogen (secondary N) is 2. The molecular formula is C25H20BrFN6OS. The highest BCUT2D eigenvalue weighted by atomic mass is 79.9. The first-order valence-electron chi connectivity index (χ1n) is 10.8. The van der Waals surface area contributed by atoms with Gasteiger partial charge in [-0.25, -0.2) is 9.07 Å². The zero-order chi connectivity index (χ0) is 24.4. The van der Waals surface area contributed by atoms with Crippen LogP contribution in [0, 0.1) is 5.82 Å². The maximum Gasteiger partial charge on any atom is 0.255 e. The van der Waals surface area contributed by atoms with Gasteiger partial charge >= 0.3 is 0 Å². The Morgan fingerprint density at radius 1 is 1.20 bits per heavy atom. The summed E-state index contributed by atoms with van der Waals surface area (Å²) < 4.78 is 16.7. The van der Waals surface area contributed by atoms with E-state index in [0.29, 0.717) is 39.4 Å². The molecule has 2 N–H and O–H groups in total. The fourth-order valence-corrected chi connectivity index (χ4v) is 5.10. The van der Waals surface area contributed by atoms with Crippen LogP contribution in [0.4, 0.5) is 16.0 Å². The van der Waals surface area contributed by atoms with Gasteiger partial charge in [0.25, 0.3) is 5.91 Å². The Hall–Kier alpha value is -3.50. The summed E-state index contributed by atoms with van der Waals surface area (Å²) in [4.78, 5) is 22.1. The molecular weight excluding hydrogens is 531 g/mol. The van der Waals surface area contributed by atoms with Crippen molar-refractivity contribution < 1.29 is 9.18 Å². The second-order valence-corrected chi connectivity index (χ2v) is 9.72. The van der Waals surface area contributed by atoms with E-state index in [2.05, 4.69) is 36.5 Å². The average molecular weight is 551 g/mol. The molecule has 5 rings (SSSR count). The number of nitrogens with zero attached hydrogens (tertiary/aromatic N) is 4. The number of benzene rings is 2. The van der Waals surface area contributed by atoms with E-state index in [0.717, 1.165) is 10.0 Å². The number of hydrogen-bond donors (Lipinski definition) is 2. The van der Waals surface area contributed by atoms with Crippen LogP contribution in [0.15, 0.2) is 94.0 Å². The molecule has 176 valence electrons. The minimum absolute atomic E-state index is 0.263. The third-order valence-corrected chi connectivity index (χ3v) is 6.86. The Bertz CT molecular complexity index is 1420. The van der Waals surface area contributed by atoms with Crippen LogP contribution < -0.4 is 10.6 Å². The van der Waals surface area contributed by atoms with E-state index in [1.807, 2.05) is 31.2 Å². The summed E-state index contributed by atoms with van der Waals surface area (Å²) in [7, 11) is 0. The van der Waals surface area contributed by atoms with Crippen molar-refractivity contribution in [3.63, 3.8) is 0 Å². The lowest BCUT2D eigenvalue weighted by Gasteiger charge is -2.28. The van der Waals surface area contributed by atoms with Gasteiger partial charge in [0.2, 0.25) is 11.1 Å². The number of carbonyl (C=O) groups is 1. The normalized spacial score (nSPS) is 14.9. The van der Waals surface area contributed by atoms with Crippen LogP contribution in [0.3, 0.4) is 0 Å². The summed E-state index contributed by atoms with van der Waals surface area (Å²) >= 11 is 4.87. The van der Waals surface area contributed by atoms with Gasteiger partial charge in [-0.3, -0.25) is 9.78 Å². The van der Waals surface area contributed by atoms with E-state index >= 15 is 0 Å². The maximum atomic E-state index is 14.1. The first-order chi connectivity index (χ1) is 17.0. The molecule has 10 heteroatoms. The molecule has 0 saturated carbocycles. The molecule has 0 radical (unpaired) electrons. The first-order valence-corrected chi connectivity index (χ1v) is 12.5. The molecule has 1 unspecified atom stereocenters. The molecule has 0 bridgehead atoms. The van der Waals surface area contributed by atoms with Crippen molar-refractivity contribution >= 4 is 45.2 Å². The maximum absolute atomic E-state index is 14.1. The van der Waals surface area contributed by atoms with Crippen molar-refractivity contribution in [2.45, 2.75) is 23.9 Å². The predicted octanol–water partition coefficient (Wildman–Crippen LogP) is 5.79. The zero-order valence-electron chi connectivity index (χ0n) is 18.6. The van der Waals surface area contributed by atoms with E-state index in [1.54, 1.807) is 47.4 Å². The highest BCUT2D eigenvalue weighted by molar-refractivity contribution is 9.10. The molecule has 0 aliphatic carbocycles. The van der Waals surface area contributed by atoms with Crippen LogP contribution >= 0.6 is 27.7 Å². The zero-order valence-corrected chi connectivity index (χ0v) is 21.0. The predicted molar refractivity (Wildman–Crippen MR) is 137 cm³/mol. The van der Waals surface area contributed by atoms with Crippen molar-refractivity contribution in [3.05, 3.63) is 106 Å². The molecule has 35 heavy (non-hydrogen) atoms. The quantitative estimate of drug-likeness (QED) is 0.295. The summed E-state index contributed by atoms with van der Waals surface area (Å²) in [6, 6.07) is 17.4. The molecule has 1 amide bonds. The topological polar surface area (TPSA) is 84.7 Å². The Morgan fingerprint density at radius 3 is 2.83 bits per heavy atom. The minimum Gasteiger partial charge on any atom is -0.328 e. The van der Waals surface area contributed by atoms with Gasteiger partial charge in [0.05, 0.1) is 17.5 Å². The molecule has 1 aliphatic heterocycles. The Labute approximate surface area is 214 Å². The SMILES string of the molecule is CC1=C(C(=O)Nc2cccnc2)C(c2cccc(Br)c2)n2nc(SCc3ccccc3F)nc2N1. The van der Waals surface area contributed by atoms with Crippen molar-refractivity contribution in [1.29, 1.82) is 0 Å². The molecule has 0 saturated heterocycles. The van der Waals surface area contributed by atoms with Crippen molar-refractivity contribution in [1.82, 2.24) is 19.7 Å². The number of pyridine rings is 1. The van der Waals surface area contributed by atoms with E-state index in [9.17, 15) is 9.18 Å². The lowest BCUT2D eigenvalue weighted by molar-refractivity contribution is -0.113. The fourth-order valence-electron chi connectivity index (χ4n) is 3.86. The number of aromatic nitrogens is 4.